The van der Waals surface area contributed by atoms with Crippen LogP contribution in [-0.2, 0) is 0 Å². The first-order valence-corrected chi connectivity index (χ1v) is 9.66. The Morgan fingerprint density at radius 2 is 1.70 bits per heavy atom. The summed E-state index contributed by atoms with van der Waals surface area (Å²) >= 11 is 17.8. The standard InChI is InChI=1S/C18H26Cl2N2S/c1-21(2)16-6-4-3-5-7-17(16)22(18(23)12-13-19)15-10-8-14(20)9-11-15/h8-11,16-17H,3-7,12-13H2,1-2H3. The second-order valence-corrected chi connectivity index (χ2v) is 7.70. The van der Waals surface area contributed by atoms with Crippen LogP contribution in [-0.4, -0.2) is 41.9 Å². The van der Waals surface area contributed by atoms with E-state index in [0.29, 0.717) is 18.0 Å². The molecule has 5 heteroatoms. The molecular weight excluding hydrogens is 347 g/mol. The molecule has 0 N–H and O–H groups in total. The Kier molecular flexibility index (Phi) is 7.61. The first-order valence-electron chi connectivity index (χ1n) is 8.34. The topological polar surface area (TPSA) is 6.48 Å². The lowest BCUT2D eigenvalue weighted by atomic mass is 9.99. The van der Waals surface area contributed by atoms with Crippen molar-refractivity contribution in [1.29, 1.82) is 0 Å². The van der Waals surface area contributed by atoms with E-state index in [1.54, 1.807) is 0 Å². The van der Waals surface area contributed by atoms with Crippen molar-refractivity contribution in [2.24, 2.45) is 0 Å². The minimum Gasteiger partial charge on any atom is -0.331 e. The van der Waals surface area contributed by atoms with Crippen LogP contribution in [0.4, 0.5) is 5.69 Å². The van der Waals surface area contributed by atoms with Crippen molar-refractivity contribution in [2.75, 3.05) is 24.9 Å². The van der Waals surface area contributed by atoms with Crippen molar-refractivity contribution in [1.82, 2.24) is 4.90 Å². The molecule has 1 aliphatic rings. The Balaban J connectivity index is 2.37. The first-order chi connectivity index (χ1) is 11.0. The molecule has 128 valence electrons. The predicted octanol–water partition coefficient (Wildman–Crippen LogP) is 5.37. The van der Waals surface area contributed by atoms with Crippen molar-refractivity contribution in [3.63, 3.8) is 0 Å². The van der Waals surface area contributed by atoms with Gasteiger partial charge >= 0.3 is 0 Å². The molecule has 2 atom stereocenters. The molecule has 0 amide bonds. The van der Waals surface area contributed by atoms with Gasteiger partial charge in [0.05, 0.1) is 11.0 Å². The van der Waals surface area contributed by atoms with E-state index in [1.807, 2.05) is 12.1 Å². The summed E-state index contributed by atoms with van der Waals surface area (Å²) in [6, 6.07) is 8.91. The van der Waals surface area contributed by atoms with Crippen LogP contribution >= 0.6 is 35.4 Å². The number of benzene rings is 1. The summed E-state index contributed by atoms with van der Waals surface area (Å²) in [7, 11) is 4.35. The fraction of sp³-hybridized carbons (Fsp3) is 0.611. The van der Waals surface area contributed by atoms with Gasteiger partial charge in [-0.1, -0.05) is 43.1 Å². The number of rotatable bonds is 5. The van der Waals surface area contributed by atoms with Crippen LogP contribution in [0.15, 0.2) is 24.3 Å². The van der Waals surface area contributed by atoms with E-state index in [2.05, 4.69) is 36.0 Å². The second kappa shape index (κ2) is 9.22. The highest BCUT2D eigenvalue weighted by Crippen LogP contribution is 2.31. The maximum Gasteiger partial charge on any atom is 0.0838 e. The normalized spacial score (nSPS) is 22.0. The Hall–Kier alpha value is -0.350. The largest absolute Gasteiger partial charge is 0.331 e. The van der Waals surface area contributed by atoms with Crippen LogP contribution in [0.2, 0.25) is 5.02 Å². The molecule has 23 heavy (non-hydrogen) atoms. The maximum atomic E-state index is 6.07. The summed E-state index contributed by atoms with van der Waals surface area (Å²) in [6.07, 6.45) is 6.95. The van der Waals surface area contributed by atoms with E-state index in [1.165, 1.54) is 25.7 Å². The van der Waals surface area contributed by atoms with E-state index in [-0.39, 0.29) is 0 Å². The number of anilines is 1. The SMILES string of the molecule is CN(C)C1CCCCCC1N(C(=S)CCCl)c1ccc(Cl)cc1. The van der Waals surface area contributed by atoms with Gasteiger partial charge in [0.25, 0.3) is 0 Å². The van der Waals surface area contributed by atoms with Crippen molar-refractivity contribution >= 4 is 46.1 Å². The lowest BCUT2D eigenvalue weighted by molar-refractivity contribution is 0.242. The van der Waals surface area contributed by atoms with Gasteiger partial charge in [-0.25, -0.2) is 0 Å². The molecule has 0 radical (unpaired) electrons. The van der Waals surface area contributed by atoms with Crippen molar-refractivity contribution in [3.8, 4) is 0 Å². The van der Waals surface area contributed by atoms with Gasteiger partial charge in [0.1, 0.15) is 0 Å². The Morgan fingerprint density at radius 3 is 2.26 bits per heavy atom. The molecule has 1 aromatic carbocycles. The molecule has 2 rings (SSSR count). The van der Waals surface area contributed by atoms with E-state index in [4.69, 9.17) is 35.4 Å². The zero-order valence-electron chi connectivity index (χ0n) is 14.0. The minimum atomic E-state index is 0.393. The fourth-order valence-corrected chi connectivity index (χ4v) is 4.26. The molecule has 0 bridgehead atoms. The number of hydrogen-bond acceptors (Lipinski definition) is 2. The summed E-state index contributed by atoms with van der Waals surface area (Å²) in [6.45, 7) is 0. The van der Waals surface area contributed by atoms with Crippen LogP contribution in [0, 0.1) is 0 Å². The summed E-state index contributed by atoms with van der Waals surface area (Å²) in [4.78, 5) is 5.62. The molecule has 0 aliphatic heterocycles. The minimum absolute atomic E-state index is 0.393. The number of likely N-dealkylation sites (N-methyl/N-ethyl adjacent to an activating group) is 1. The summed E-state index contributed by atoms with van der Waals surface area (Å²) in [5.41, 5.74) is 1.13. The molecular formula is C18H26Cl2N2S. The summed E-state index contributed by atoms with van der Waals surface area (Å²) in [5, 5.41) is 0.752. The molecule has 0 saturated heterocycles. The zero-order valence-corrected chi connectivity index (χ0v) is 16.3. The van der Waals surface area contributed by atoms with Crippen molar-refractivity contribution in [2.45, 2.75) is 50.6 Å². The molecule has 1 saturated carbocycles. The molecule has 0 aromatic heterocycles. The first kappa shape index (κ1) is 19.0. The number of alkyl halides is 1. The van der Waals surface area contributed by atoms with Gasteiger partial charge in [-0.05, 0) is 51.2 Å². The smallest absolute Gasteiger partial charge is 0.0838 e. The Bertz CT molecular complexity index is 504. The maximum absolute atomic E-state index is 6.07. The van der Waals surface area contributed by atoms with Gasteiger partial charge in [0, 0.05) is 29.1 Å². The summed E-state index contributed by atoms with van der Waals surface area (Å²) in [5.74, 6) is 0.558. The van der Waals surface area contributed by atoms with E-state index in [0.717, 1.165) is 28.5 Å². The molecule has 2 nitrogen and oxygen atoms in total. The molecule has 1 aromatic rings. The van der Waals surface area contributed by atoms with Gasteiger partial charge in [0.15, 0.2) is 0 Å². The average Bonchev–Trinajstić information content (AvgIpc) is 2.76. The van der Waals surface area contributed by atoms with Gasteiger partial charge in [-0.2, -0.15) is 0 Å². The Morgan fingerprint density at radius 1 is 1.09 bits per heavy atom. The number of thiocarbonyl (C=S) groups is 1. The van der Waals surface area contributed by atoms with Gasteiger partial charge in [-0.3, -0.25) is 0 Å². The average molecular weight is 373 g/mol. The van der Waals surface area contributed by atoms with Crippen LogP contribution in [0.5, 0.6) is 0 Å². The molecule has 2 unspecified atom stereocenters. The van der Waals surface area contributed by atoms with Crippen molar-refractivity contribution < 1.29 is 0 Å². The van der Waals surface area contributed by atoms with Gasteiger partial charge in [0.2, 0.25) is 0 Å². The van der Waals surface area contributed by atoms with Gasteiger partial charge < -0.3 is 9.80 Å². The van der Waals surface area contributed by atoms with Crippen LogP contribution < -0.4 is 4.90 Å². The van der Waals surface area contributed by atoms with Crippen LogP contribution in [0.3, 0.4) is 0 Å². The van der Waals surface area contributed by atoms with Crippen LogP contribution in [0.1, 0.15) is 38.5 Å². The molecule has 0 heterocycles. The quantitative estimate of drug-likeness (QED) is 0.389. The number of nitrogens with zero attached hydrogens (tertiary/aromatic N) is 2. The van der Waals surface area contributed by atoms with E-state index < -0.39 is 0 Å². The third-order valence-corrected chi connectivity index (χ3v) is 5.46. The fourth-order valence-electron chi connectivity index (χ4n) is 3.50. The second-order valence-electron chi connectivity index (χ2n) is 6.42. The molecule has 0 spiro atoms. The highest BCUT2D eigenvalue weighted by molar-refractivity contribution is 7.80. The van der Waals surface area contributed by atoms with Gasteiger partial charge in [-0.15, -0.1) is 11.6 Å². The zero-order chi connectivity index (χ0) is 16.8. The summed E-state index contributed by atoms with van der Waals surface area (Å²) < 4.78 is 0. The predicted molar refractivity (Wildman–Crippen MR) is 106 cm³/mol. The third-order valence-electron chi connectivity index (χ3n) is 4.62. The van der Waals surface area contributed by atoms with Crippen molar-refractivity contribution in [3.05, 3.63) is 29.3 Å². The Labute approximate surface area is 155 Å². The molecule has 1 fully saturated rings. The third kappa shape index (κ3) is 5.06. The van der Waals surface area contributed by atoms with Crippen LogP contribution in [0.25, 0.3) is 0 Å². The highest BCUT2D eigenvalue weighted by Gasteiger charge is 2.32. The molecule has 1 aliphatic carbocycles. The van der Waals surface area contributed by atoms with E-state index in [9.17, 15) is 0 Å². The van der Waals surface area contributed by atoms with E-state index >= 15 is 0 Å². The lowest BCUT2D eigenvalue weighted by Crippen LogP contribution is -2.51. The number of hydrogen-bond donors (Lipinski definition) is 0. The number of halogens is 2. The monoisotopic (exact) mass is 372 g/mol. The lowest BCUT2D eigenvalue weighted by Gasteiger charge is -2.41. The highest BCUT2D eigenvalue weighted by atomic mass is 35.5.